The highest BCUT2D eigenvalue weighted by molar-refractivity contribution is 6.34. The first-order chi connectivity index (χ1) is 12.0. The van der Waals surface area contributed by atoms with Crippen LogP contribution >= 0.6 is 11.6 Å². The molecule has 0 fully saturated rings. The molecule has 0 aromatic heterocycles. The van der Waals surface area contributed by atoms with E-state index in [1.807, 2.05) is 6.92 Å². The molecule has 1 aliphatic rings. The van der Waals surface area contributed by atoms with Crippen molar-refractivity contribution in [2.24, 2.45) is 0 Å². The molecule has 2 aromatic rings. The fourth-order valence-electron chi connectivity index (χ4n) is 2.78. The number of nitrogens with one attached hydrogen (secondary N) is 1. The van der Waals surface area contributed by atoms with Gasteiger partial charge in [0, 0.05) is 12.2 Å². The number of nitrogens with zero attached hydrogens (tertiary/aromatic N) is 1. The summed E-state index contributed by atoms with van der Waals surface area (Å²) in [7, 11) is 0. The molecule has 0 saturated heterocycles. The molecule has 0 spiro atoms. The van der Waals surface area contributed by atoms with E-state index in [-0.39, 0.29) is 11.8 Å². The van der Waals surface area contributed by atoms with Gasteiger partial charge in [-0.2, -0.15) is 0 Å². The average Bonchev–Trinajstić information content (AvgIpc) is 2.60. The zero-order valence-corrected chi connectivity index (χ0v) is 14.8. The standard InChI is InChI=1S/C19H19ClN2O3/c1-3-10-22-16-11-13(8-9-17(16)25-12(2)19(22)24)21-18(23)14-6-4-5-7-15(14)20/h4-9,11-12H,3,10H2,1-2H3,(H,21,23). The molecule has 1 unspecified atom stereocenters. The van der Waals surface area contributed by atoms with Gasteiger partial charge in [0.2, 0.25) is 0 Å². The van der Waals surface area contributed by atoms with Crippen LogP contribution in [0.5, 0.6) is 5.75 Å². The Bertz CT molecular complexity index is 822. The van der Waals surface area contributed by atoms with Gasteiger partial charge in [0.1, 0.15) is 5.75 Å². The van der Waals surface area contributed by atoms with Crippen LogP contribution in [0.4, 0.5) is 11.4 Å². The molecule has 1 N–H and O–H groups in total. The Hall–Kier alpha value is -2.53. The van der Waals surface area contributed by atoms with E-state index in [2.05, 4.69) is 5.32 Å². The third-order valence-corrected chi connectivity index (χ3v) is 4.32. The van der Waals surface area contributed by atoms with Gasteiger partial charge in [-0.25, -0.2) is 0 Å². The smallest absolute Gasteiger partial charge is 0.267 e. The third-order valence-electron chi connectivity index (χ3n) is 3.99. The summed E-state index contributed by atoms with van der Waals surface area (Å²) in [5, 5.41) is 3.21. The van der Waals surface area contributed by atoms with Gasteiger partial charge < -0.3 is 15.0 Å². The maximum Gasteiger partial charge on any atom is 0.267 e. The molecular formula is C19H19ClN2O3. The number of carbonyl (C=O) groups excluding carboxylic acids is 2. The lowest BCUT2D eigenvalue weighted by atomic mass is 10.1. The molecule has 0 aliphatic carbocycles. The van der Waals surface area contributed by atoms with E-state index in [4.69, 9.17) is 16.3 Å². The topological polar surface area (TPSA) is 58.6 Å². The number of benzene rings is 2. The number of fused-ring (bicyclic) bond motifs is 1. The van der Waals surface area contributed by atoms with E-state index < -0.39 is 6.10 Å². The number of hydrogen-bond acceptors (Lipinski definition) is 3. The minimum absolute atomic E-state index is 0.0797. The SMILES string of the molecule is CCCN1C(=O)C(C)Oc2ccc(NC(=O)c3ccccc3Cl)cc21. The van der Waals surface area contributed by atoms with Crippen molar-refractivity contribution in [2.45, 2.75) is 26.4 Å². The van der Waals surface area contributed by atoms with Gasteiger partial charge in [-0.05, 0) is 43.7 Å². The van der Waals surface area contributed by atoms with Crippen LogP contribution in [-0.4, -0.2) is 24.5 Å². The molecule has 130 valence electrons. The van der Waals surface area contributed by atoms with Crippen LogP contribution in [0.1, 0.15) is 30.6 Å². The second kappa shape index (κ2) is 7.15. The van der Waals surface area contributed by atoms with E-state index in [1.54, 1.807) is 54.3 Å². The number of rotatable bonds is 4. The van der Waals surface area contributed by atoms with Crippen molar-refractivity contribution >= 4 is 34.8 Å². The largest absolute Gasteiger partial charge is 0.479 e. The highest BCUT2D eigenvalue weighted by Gasteiger charge is 2.31. The summed E-state index contributed by atoms with van der Waals surface area (Å²) in [6.07, 6.45) is 0.316. The normalized spacial score (nSPS) is 16.2. The summed E-state index contributed by atoms with van der Waals surface area (Å²) in [4.78, 5) is 26.5. The Balaban J connectivity index is 1.89. The second-order valence-electron chi connectivity index (χ2n) is 5.87. The lowest BCUT2D eigenvalue weighted by molar-refractivity contribution is -0.125. The molecule has 2 aromatic carbocycles. The number of amides is 2. The van der Waals surface area contributed by atoms with Gasteiger partial charge in [-0.1, -0.05) is 30.7 Å². The molecular weight excluding hydrogens is 340 g/mol. The molecule has 25 heavy (non-hydrogen) atoms. The van der Waals surface area contributed by atoms with E-state index in [0.717, 1.165) is 6.42 Å². The average molecular weight is 359 g/mol. The van der Waals surface area contributed by atoms with Crippen molar-refractivity contribution in [3.63, 3.8) is 0 Å². The molecule has 1 aliphatic heterocycles. The summed E-state index contributed by atoms with van der Waals surface area (Å²) in [5.74, 6) is 0.254. The van der Waals surface area contributed by atoms with Gasteiger partial charge in [0.05, 0.1) is 16.3 Å². The van der Waals surface area contributed by atoms with Crippen molar-refractivity contribution in [3.05, 3.63) is 53.1 Å². The first-order valence-corrected chi connectivity index (χ1v) is 8.57. The van der Waals surface area contributed by atoms with Crippen molar-refractivity contribution in [2.75, 3.05) is 16.8 Å². The van der Waals surface area contributed by atoms with Crippen molar-refractivity contribution < 1.29 is 14.3 Å². The maximum atomic E-state index is 12.4. The van der Waals surface area contributed by atoms with Crippen LogP contribution in [0.2, 0.25) is 5.02 Å². The minimum Gasteiger partial charge on any atom is -0.479 e. The van der Waals surface area contributed by atoms with E-state index >= 15 is 0 Å². The summed E-state index contributed by atoms with van der Waals surface area (Å²) in [6, 6.07) is 12.1. The summed E-state index contributed by atoms with van der Waals surface area (Å²) in [6.45, 7) is 4.35. The second-order valence-corrected chi connectivity index (χ2v) is 6.27. The monoisotopic (exact) mass is 358 g/mol. The summed E-state index contributed by atoms with van der Waals surface area (Å²) in [5.41, 5.74) is 1.64. The Morgan fingerprint density at radius 2 is 2.04 bits per heavy atom. The molecule has 3 rings (SSSR count). The Kier molecular flexibility index (Phi) is 4.95. The van der Waals surface area contributed by atoms with Gasteiger partial charge >= 0.3 is 0 Å². The molecule has 0 bridgehead atoms. The molecule has 0 saturated carbocycles. The van der Waals surface area contributed by atoms with E-state index in [0.29, 0.717) is 34.3 Å². The van der Waals surface area contributed by atoms with Crippen LogP contribution in [0.3, 0.4) is 0 Å². The molecule has 1 atom stereocenters. The Labute approximate surface area is 151 Å². The highest BCUT2D eigenvalue weighted by atomic mass is 35.5. The lowest BCUT2D eigenvalue weighted by Crippen LogP contribution is -2.44. The maximum absolute atomic E-state index is 12.4. The fourth-order valence-corrected chi connectivity index (χ4v) is 3.00. The number of anilines is 2. The summed E-state index contributed by atoms with van der Waals surface area (Å²) >= 11 is 6.07. The quantitative estimate of drug-likeness (QED) is 0.894. The van der Waals surface area contributed by atoms with Crippen molar-refractivity contribution in [1.29, 1.82) is 0 Å². The lowest BCUT2D eigenvalue weighted by Gasteiger charge is -2.33. The van der Waals surface area contributed by atoms with Crippen LogP contribution in [-0.2, 0) is 4.79 Å². The predicted octanol–water partition coefficient (Wildman–Crippen LogP) is 4.12. The zero-order valence-electron chi connectivity index (χ0n) is 14.1. The summed E-state index contributed by atoms with van der Waals surface area (Å²) < 4.78 is 5.66. The van der Waals surface area contributed by atoms with Gasteiger partial charge in [-0.3, -0.25) is 9.59 Å². The Morgan fingerprint density at radius 3 is 2.76 bits per heavy atom. The van der Waals surface area contributed by atoms with Crippen molar-refractivity contribution in [1.82, 2.24) is 0 Å². The van der Waals surface area contributed by atoms with Gasteiger partial charge in [0.25, 0.3) is 11.8 Å². The highest BCUT2D eigenvalue weighted by Crippen LogP contribution is 2.36. The van der Waals surface area contributed by atoms with Crippen LogP contribution in [0.15, 0.2) is 42.5 Å². The van der Waals surface area contributed by atoms with E-state index in [1.165, 1.54) is 0 Å². The molecule has 6 heteroatoms. The number of hydrogen-bond donors (Lipinski definition) is 1. The number of halogens is 1. The third kappa shape index (κ3) is 3.46. The number of ether oxygens (including phenoxy) is 1. The van der Waals surface area contributed by atoms with Crippen LogP contribution in [0.25, 0.3) is 0 Å². The fraction of sp³-hybridized carbons (Fsp3) is 0.263. The molecule has 2 amide bonds. The van der Waals surface area contributed by atoms with Crippen molar-refractivity contribution in [3.8, 4) is 5.75 Å². The predicted molar refractivity (Wildman–Crippen MR) is 98.6 cm³/mol. The van der Waals surface area contributed by atoms with Gasteiger partial charge in [-0.15, -0.1) is 0 Å². The van der Waals surface area contributed by atoms with Crippen LogP contribution < -0.4 is 15.0 Å². The first kappa shape index (κ1) is 17.3. The Morgan fingerprint density at radius 1 is 1.28 bits per heavy atom. The van der Waals surface area contributed by atoms with Crippen LogP contribution in [0, 0.1) is 0 Å². The number of carbonyl (C=O) groups is 2. The van der Waals surface area contributed by atoms with E-state index in [9.17, 15) is 9.59 Å². The molecule has 0 radical (unpaired) electrons. The molecule has 5 nitrogen and oxygen atoms in total. The minimum atomic E-state index is -0.511. The zero-order chi connectivity index (χ0) is 18.0. The first-order valence-electron chi connectivity index (χ1n) is 8.19. The molecule has 1 heterocycles. The van der Waals surface area contributed by atoms with Gasteiger partial charge in [0.15, 0.2) is 6.10 Å².